The van der Waals surface area contributed by atoms with E-state index in [1.807, 2.05) is 69.3 Å². The van der Waals surface area contributed by atoms with Gasteiger partial charge in [-0.2, -0.15) is 15.2 Å². The van der Waals surface area contributed by atoms with Crippen LogP contribution < -0.4 is 24.6 Å². The molecule has 19 heteroatoms. The van der Waals surface area contributed by atoms with Crippen LogP contribution in [0.1, 0.15) is 68.8 Å². The van der Waals surface area contributed by atoms with Gasteiger partial charge in [0.15, 0.2) is 0 Å². The summed E-state index contributed by atoms with van der Waals surface area (Å²) in [5, 5.41) is 15.6. The molecule has 0 radical (unpaired) electrons. The van der Waals surface area contributed by atoms with Crippen molar-refractivity contribution in [1.82, 2.24) is 19.8 Å². The Balaban J connectivity index is 0.763. The molecule has 2 atom stereocenters. The van der Waals surface area contributed by atoms with E-state index in [4.69, 9.17) is 45.3 Å². The van der Waals surface area contributed by atoms with Crippen molar-refractivity contribution >= 4 is 118 Å². The number of nitrogens with one attached hydrogen (secondary N) is 1. The van der Waals surface area contributed by atoms with Gasteiger partial charge < -0.3 is 43.7 Å². The molecule has 1 N–H and O–H groups in total. The number of fused-ring (bicyclic) bond motifs is 3. The van der Waals surface area contributed by atoms with Crippen molar-refractivity contribution < 1.29 is 33.3 Å². The van der Waals surface area contributed by atoms with E-state index >= 15 is 0 Å². The van der Waals surface area contributed by atoms with E-state index in [1.165, 1.54) is 0 Å². The summed E-state index contributed by atoms with van der Waals surface area (Å²) in [7, 11) is 0. The van der Waals surface area contributed by atoms with E-state index in [0.29, 0.717) is 94.6 Å². The van der Waals surface area contributed by atoms with Crippen molar-refractivity contribution in [1.29, 1.82) is 5.26 Å². The number of aromatic nitrogens is 2. The second kappa shape index (κ2) is 24.5. The van der Waals surface area contributed by atoms with E-state index in [2.05, 4.69) is 105 Å². The lowest BCUT2D eigenvalue weighted by Crippen LogP contribution is -2.56. The average Bonchev–Trinajstić information content (AvgIpc) is 3.95. The summed E-state index contributed by atoms with van der Waals surface area (Å²) >= 11 is 16.4. The molecular weight excluding hydrogens is 1210 g/mol. The van der Waals surface area contributed by atoms with Gasteiger partial charge in [0.2, 0.25) is 0 Å². The molecule has 9 rings (SSSR count). The number of carbonyl (C=O) groups excluding carboxylic acids is 2. The van der Waals surface area contributed by atoms with E-state index in [-0.39, 0.29) is 24.4 Å². The summed E-state index contributed by atoms with van der Waals surface area (Å²) in [5.74, 6) is 1.34. The van der Waals surface area contributed by atoms with Gasteiger partial charge in [-0.1, -0.05) is 35.9 Å². The Morgan fingerprint density at radius 2 is 1.70 bits per heavy atom. The number of nitrogens with zero attached hydrogens (tertiary/aromatic N) is 7. The van der Waals surface area contributed by atoms with Crippen LogP contribution in [0.5, 0.6) is 11.8 Å². The number of carbonyl (C=O) groups is 2. The molecule has 0 spiro atoms. The topological polar surface area (TPSA) is 155 Å². The molecule has 0 aliphatic carbocycles. The number of piperazine rings is 1. The van der Waals surface area contributed by atoms with Gasteiger partial charge in [-0.3, -0.25) is 9.69 Å². The largest absolute Gasteiger partial charge is 0.489 e. The number of benzene rings is 4. The summed E-state index contributed by atoms with van der Waals surface area (Å²) in [4.78, 5) is 44.9. The molecule has 4 aromatic carbocycles. The number of halogens is 4. The molecule has 4 aliphatic rings. The van der Waals surface area contributed by atoms with Crippen LogP contribution in [0.25, 0.3) is 22.4 Å². The first kappa shape index (κ1) is 54.1. The Hall–Kier alpha value is -4.75. The lowest BCUT2D eigenvalue weighted by atomic mass is 10.0. The monoisotopic (exact) mass is 1260 g/mol. The zero-order valence-corrected chi connectivity index (χ0v) is 47.9. The third kappa shape index (κ3) is 13.1. The molecule has 0 bridgehead atoms. The fourth-order valence-electron chi connectivity index (χ4n) is 10.1. The molecule has 15 nitrogen and oxygen atoms in total. The number of hydrogen-bond acceptors (Lipinski definition) is 13. The lowest BCUT2D eigenvalue weighted by molar-refractivity contribution is -0.110. The standard InChI is InChI=1S/C55H60Br2ClIN8O7/c1-55(2,3)74-54(69)67-22-21-66(32-38(67)15-17-60)51-40-16-20-65(48-12-5-9-36-8-4-11-45(58)49(36)48)33-47(40)62-53(63-51)73-34-39-10-6-18-64(39)19-7-23-70-24-25-71-26-27-72-50-43(56)29-35(30-44(50)57)28-42-41-31-37(59)13-14-46(41)61-52(42)68/h4-5,8-9,11-14,28-31,38-39H,6-7,10,15-16,18-27,32-34H2,1-3H3,(H,61,68)/t38?,39-/m0/s1. The normalized spacial score (nSPS) is 18.4. The van der Waals surface area contributed by atoms with Gasteiger partial charge in [0, 0.05) is 82.4 Å². The van der Waals surface area contributed by atoms with Gasteiger partial charge in [0.25, 0.3) is 5.91 Å². The van der Waals surface area contributed by atoms with Crippen LogP contribution in [0.2, 0.25) is 5.02 Å². The van der Waals surface area contributed by atoms with Crippen LogP contribution in [0, 0.1) is 14.9 Å². The van der Waals surface area contributed by atoms with Crippen LogP contribution in [0.15, 0.2) is 75.7 Å². The quantitative estimate of drug-likeness (QED) is 0.0503. The zero-order valence-electron chi connectivity index (χ0n) is 41.8. The van der Waals surface area contributed by atoms with Crippen molar-refractivity contribution in [2.24, 2.45) is 0 Å². The maximum Gasteiger partial charge on any atom is 0.410 e. The molecule has 1 unspecified atom stereocenters. The van der Waals surface area contributed by atoms with Crippen molar-refractivity contribution in [2.75, 3.05) is 94.0 Å². The van der Waals surface area contributed by atoms with Gasteiger partial charge in [-0.15, -0.1) is 0 Å². The molecule has 2 saturated heterocycles. The molecule has 2 amide bonds. The van der Waals surface area contributed by atoms with Crippen LogP contribution in [-0.4, -0.2) is 128 Å². The van der Waals surface area contributed by atoms with Crippen molar-refractivity contribution in [3.8, 4) is 17.8 Å². The highest BCUT2D eigenvalue weighted by Gasteiger charge is 2.36. The highest BCUT2D eigenvalue weighted by Crippen LogP contribution is 2.40. The molecule has 1 aromatic heterocycles. The van der Waals surface area contributed by atoms with E-state index < -0.39 is 11.7 Å². The first-order valence-corrected chi connectivity index (χ1v) is 28.2. The summed E-state index contributed by atoms with van der Waals surface area (Å²) in [5.41, 5.74) is 5.54. The number of hydrogen-bond donors (Lipinski definition) is 1. The summed E-state index contributed by atoms with van der Waals surface area (Å²) in [6.07, 6.45) is 5.30. The Morgan fingerprint density at radius 1 is 0.932 bits per heavy atom. The van der Waals surface area contributed by atoms with E-state index in [1.54, 1.807) is 4.90 Å². The first-order valence-electron chi connectivity index (χ1n) is 25.1. The number of likely N-dealkylation sites (tertiary alicyclic amines) is 1. The number of nitriles is 1. The fourth-order valence-corrected chi connectivity index (χ4v) is 12.3. The molecule has 74 heavy (non-hydrogen) atoms. The Morgan fingerprint density at radius 3 is 2.49 bits per heavy atom. The maximum atomic E-state index is 13.3. The number of anilines is 3. The van der Waals surface area contributed by atoms with Gasteiger partial charge in [0.1, 0.15) is 30.4 Å². The molecule has 5 aromatic rings. The minimum absolute atomic E-state index is 0.122. The van der Waals surface area contributed by atoms with Gasteiger partial charge in [-0.25, -0.2) is 4.79 Å². The highest BCUT2D eigenvalue weighted by molar-refractivity contribution is 14.1. The van der Waals surface area contributed by atoms with Crippen molar-refractivity contribution in [3.63, 3.8) is 0 Å². The minimum atomic E-state index is -0.653. The lowest BCUT2D eigenvalue weighted by Gasteiger charge is -2.42. The second-order valence-corrected chi connectivity index (χ2v) is 23.1. The number of rotatable bonds is 18. The predicted octanol–water partition coefficient (Wildman–Crippen LogP) is 11.2. The number of amides is 2. The number of ether oxygens (including phenoxy) is 5. The predicted molar refractivity (Wildman–Crippen MR) is 304 cm³/mol. The molecule has 390 valence electrons. The molecule has 2 fully saturated rings. The van der Waals surface area contributed by atoms with Crippen LogP contribution in [0.3, 0.4) is 0 Å². The van der Waals surface area contributed by atoms with E-state index in [9.17, 15) is 14.9 Å². The van der Waals surface area contributed by atoms with Gasteiger partial charge in [0.05, 0.1) is 64.6 Å². The Bertz CT molecular complexity index is 2930. The third-order valence-corrected chi connectivity index (χ3v) is 15.7. The SMILES string of the molecule is CC(C)(C)OC(=O)N1CCN(c2nc(OC[C@@H]3CCCN3CCCOCCOCCOc3c(Br)cc(C=C4C(=O)Nc5ccc(I)cc54)cc3Br)nc3c2CCN(c2cccc4cccc(Cl)c24)C3)CC1CC#N. The maximum absolute atomic E-state index is 13.3. The molecular formula is C55H60Br2ClIN8O7. The van der Waals surface area contributed by atoms with Gasteiger partial charge >= 0.3 is 12.1 Å². The zero-order chi connectivity index (χ0) is 51.9. The smallest absolute Gasteiger partial charge is 0.410 e. The van der Waals surface area contributed by atoms with E-state index in [0.717, 1.165) is 102 Å². The molecule has 5 heterocycles. The molecule has 0 saturated carbocycles. The van der Waals surface area contributed by atoms with Crippen molar-refractivity contribution in [3.05, 3.63) is 107 Å². The average molecular weight is 1270 g/mol. The fraction of sp³-hybridized carbons (Fsp3) is 0.436. The van der Waals surface area contributed by atoms with Crippen LogP contribution >= 0.6 is 66.1 Å². The first-order chi connectivity index (χ1) is 35.7. The third-order valence-electron chi connectivity index (χ3n) is 13.5. The van der Waals surface area contributed by atoms with Crippen LogP contribution in [0.4, 0.5) is 22.0 Å². The Kier molecular flexibility index (Phi) is 17.9. The highest BCUT2D eigenvalue weighted by atomic mass is 127. The molecule has 4 aliphatic heterocycles. The Labute approximate surface area is 468 Å². The van der Waals surface area contributed by atoms with Crippen molar-refractivity contribution in [2.45, 2.75) is 77.1 Å². The summed E-state index contributed by atoms with van der Waals surface area (Å²) in [6.45, 7) is 12.8. The minimum Gasteiger partial charge on any atom is -0.489 e. The summed E-state index contributed by atoms with van der Waals surface area (Å²) < 4.78 is 32.8. The second-order valence-electron chi connectivity index (χ2n) is 19.8. The summed E-state index contributed by atoms with van der Waals surface area (Å²) in [6, 6.07) is 24.5. The van der Waals surface area contributed by atoms with Gasteiger partial charge in [-0.05, 0) is 167 Å². The van der Waals surface area contributed by atoms with Crippen LogP contribution in [-0.2, 0) is 32.0 Å².